The fourth-order valence-electron chi connectivity index (χ4n) is 3.62. The van der Waals surface area contributed by atoms with Gasteiger partial charge in [0.25, 0.3) is 0 Å². The number of imidazole rings is 1. The molecule has 0 amide bonds. The molecule has 3 heterocycles. The monoisotopic (exact) mass is 417 g/mol. The first kappa shape index (κ1) is 19.1. The molecule has 1 aliphatic heterocycles. The van der Waals surface area contributed by atoms with Crippen molar-refractivity contribution in [3.63, 3.8) is 0 Å². The van der Waals surface area contributed by atoms with E-state index >= 15 is 0 Å². The van der Waals surface area contributed by atoms with Crippen molar-refractivity contribution in [2.75, 3.05) is 11.9 Å². The number of aromatic nitrogens is 4. The lowest BCUT2D eigenvalue weighted by Crippen LogP contribution is -2.19. The molecule has 1 saturated heterocycles. The van der Waals surface area contributed by atoms with Gasteiger partial charge in [-0.05, 0) is 50.5 Å². The second kappa shape index (κ2) is 8.45. The molecule has 1 fully saturated rings. The number of fused-ring (bicyclic) bond motifs is 1. The van der Waals surface area contributed by atoms with Gasteiger partial charge in [0, 0.05) is 17.2 Å². The Morgan fingerprint density at radius 1 is 1.03 bits per heavy atom. The third kappa shape index (κ3) is 3.91. The standard InChI is InChI=1S/C23H23N5OS/c1-16-10-12-17(13-11-16)26-23-27-20-21(28(23)19-9-5-6-14-29-19)24-15-25-22(20)30-18-7-3-2-4-8-18/h2-4,7-8,10-13,15,19H,5-6,9,14H2,1H3,(H,26,27). The first-order valence-electron chi connectivity index (χ1n) is 10.2. The molecule has 4 aromatic rings. The summed E-state index contributed by atoms with van der Waals surface area (Å²) in [5.74, 6) is 0.733. The van der Waals surface area contributed by atoms with Crippen LogP contribution in [-0.2, 0) is 4.74 Å². The molecule has 6 nitrogen and oxygen atoms in total. The van der Waals surface area contributed by atoms with Gasteiger partial charge in [-0.3, -0.25) is 4.57 Å². The van der Waals surface area contributed by atoms with Crippen molar-refractivity contribution < 1.29 is 4.74 Å². The molecule has 152 valence electrons. The van der Waals surface area contributed by atoms with Crippen LogP contribution in [0.25, 0.3) is 11.2 Å². The molecule has 0 radical (unpaired) electrons. The van der Waals surface area contributed by atoms with Gasteiger partial charge in [-0.25, -0.2) is 15.0 Å². The number of rotatable bonds is 5. The summed E-state index contributed by atoms with van der Waals surface area (Å²) >= 11 is 1.60. The van der Waals surface area contributed by atoms with Crippen LogP contribution >= 0.6 is 11.8 Å². The highest BCUT2D eigenvalue weighted by Crippen LogP contribution is 2.36. The number of hydrogen-bond acceptors (Lipinski definition) is 6. The molecule has 0 bridgehead atoms. The summed E-state index contributed by atoms with van der Waals surface area (Å²) in [4.78, 5) is 15.2. The molecule has 30 heavy (non-hydrogen) atoms. The first-order chi connectivity index (χ1) is 14.8. The van der Waals surface area contributed by atoms with Crippen LogP contribution in [0.4, 0.5) is 11.6 Å². The summed E-state index contributed by atoms with van der Waals surface area (Å²) in [6.45, 7) is 2.84. The van der Waals surface area contributed by atoms with E-state index in [-0.39, 0.29) is 6.23 Å². The third-order valence-electron chi connectivity index (χ3n) is 5.15. The number of benzene rings is 2. The van der Waals surface area contributed by atoms with Crippen molar-refractivity contribution >= 4 is 34.6 Å². The van der Waals surface area contributed by atoms with Crippen molar-refractivity contribution in [3.8, 4) is 0 Å². The molecule has 0 aliphatic carbocycles. The van der Waals surface area contributed by atoms with Crippen LogP contribution in [-0.4, -0.2) is 26.1 Å². The van der Waals surface area contributed by atoms with E-state index in [1.165, 1.54) is 5.56 Å². The first-order valence-corrected chi connectivity index (χ1v) is 11.0. The molecule has 1 aliphatic rings. The third-order valence-corrected chi connectivity index (χ3v) is 6.15. The molecule has 1 unspecified atom stereocenters. The van der Waals surface area contributed by atoms with E-state index in [2.05, 4.69) is 63.2 Å². The predicted octanol–water partition coefficient (Wildman–Crippen LogP) is 5.73. The fourth-order valence-corrected chi connectivity index (χ4v) is 4.47. The van der Waals surface area contributed by atoms with E-state index in [1.54, 1.807) is 18.1 Å². The molecular weight excluding hydrogens is 394 g/mol. The highest BCUT2D eigenvalue weighted by Gasteiger charge is 2.25. The van der Waals surface area contributed by atoms with Gasteiger partial charge in [-0.15, -0.1) is 0 Å². The Hall–Kier alpha value is -2.90. The SMILES string of the molecule is Cc1ccc(Nc2nc3c(Sc4ccccc4)ncnc3n2C2CCCCO2)cc1. The summed E-state index contributed by atoms with van der Waals surface area (Å²) in [6, 6.07) is 18.5. The Morgan fingerprint density at radius 3 is 2.63 bits per heavy atom. The number of aryl methyl sites for hydroxylation is 1. The zero-order chi connectivity index (χ0) is 20.3. The Bertz CT molecular complexity index is 1140. The summed E-state index contributed by atoms with van der Waals surface area (Å²) in [5, 5.41) is 4.31. The molecule has 7 heteroatoms. The van der Waals surface area contributed by atoms with Gasteiger partial charge in [-0.2, -0.15) is 0 Å². The van der Waals surface area contributed by atoms with Crippen molar-refractivity contribution in [1.82, 2.24) is 19.5 Å². The molecule has 1 N–H and O–H groups in total. The van der Waals surface area contributed by atoms with Crippen LogP contribution in [0.2, 0.25) is 0 Å². The van der Waals surface area contributed by atoms with Gasteiger partial charge in [0.2, 0.25) is 5.95 Å². The van der Waals surface area contributed by atoms with E-state index in [0.29, 0.717) is 0 Å². The molecule has 2 aromatic heterocycles. The topological polar surface area (TPSA) is 64.9 Å². The maximum absolute atomic E-state index is 6.10. The van der Waals surface area contributed by atoms with Crippen LogP contribution < -0.4 is 5.32 Å². The Labute approximate surface area is 179 Å². The van der Waals surface area contributed by atoms with Crippen LogP contribution in [0.15, 0.2) is 70.8 Å². The zero-order valence-corrected chi connectivity index (χ0v) is 17.6. The van der Waals surface area contributed by atoms with Crippen molar-refractivity contribution in [2.45, 2.75) is 42.3 Å². The summed E-state index contributed by atoms with van der Waals surface area (Å²) in [7, 11) is 0. The summed E-state index contributed by atoms with van der Waals surface area (Å²) in [6.07, 6.45) is 4.70. The van der Waals surface area contributed by atoms with E-state index in [9.17, 15) is 0 Å². The molecule has 0 spiro atoms. The Morgan fingerprint density at radius 2 is 1.87 bits per heavy atom. The van der Waals surface area contributed by atoms with Crippen LogP contribution in [0.1, 0.15) is 31.1 Å². The second-order valence-corrected chi connectivity index (χ2v) is 8.45. The predicted molar refractivity (Wildman–Crippen MR) is 119 cm³/mol. The Kier molecular flexibility index (Phi) is 5.38. The summed E-state index contributed by atoms with van der Waals surface area (Å²) < 4.78 is 8.19. The smallest absolute Gasteiger partial charge is 0.211 e. The minimum absolute atomic E-state index is 0.0822. The molecule has 5 rings (SSSR count). The number of anilines is 2. The van der Waals surface area contributed by atoms with Gasteiger partial charge in [0.05, 0.1) is 0 Å². The van der Waals surface area contributed by atoms with Gasteiger partial charge in [-0.1, -0.05) is 47.7 Å². The lowest BCUT2D eigenvalue weighted by atomic mass is 10.2. The maximum atomic E-state index is 6.10. The molecule has 1 atom stereocenters. The molecular formula is C23H23N5OS. The van der Waals surface area contributed by atoms with Gasteiger partial charge in [0.1, 0.15) is 23.1 Å². The Balaban J connectivity index is 1.59. The highest BCUT2D eigenvalue weighted by molar-refractivity contribution is 7.99. The van der Waals surface area contributed by atoms with Crippen LogP contribution in [0, 0.1) is 6.92 Å². The highest BCUT2D eigenvalue weighted by atomic mass is 32.2. The normalized spacial score (nSPS) is 16.6. The average molecular weight is 418 g/mol. The maximum Gasteiger partial charge on any atom is 0.211 e. The zero-order valence-electron chi connectivity index (χ0n) is 16.8. The van der Waals surface area contributed by atoms with Crippen LogP contribution in [0.3, 0.4) is 0 Å². The largest absolute Gasteiger partial charge is 0.358 e. The van der Waals surface area contributed by atoms with Crippen molar-refractivity contribution in [2.24, 2.45) is 0 Å². The van der Waals surface area contributed by atoms with E-state index in [0.717, 1.165) is 58.6 Å². The number of ether oxygens (including phenoxy) is 1. The number of nitrogens with one attached hydrogen (secondary N) is 1. The lowest BCUT2D eigenvalue weighted by Gasteiger charge is -2.25. The van der Waals surface area contributed by atoms with Crippen LogP contribution in [0.5, 0.6) is 0 Å². The number of hydrogen-bond donors (Lipinski definition) is 1. The lowest BCUT2D eigenvalue weighted by molar-refractivity contribution is -0.0284. The number of nitrogens with zero attached hydrogens (tertiary/aromatic N) is 4. The minimum atomic E-state index is -0.0822. The van der Waals surface area contributed by atoms with Crippen molar-refractivity contribution in [3.05, 3.63) is 66.5 Å². The van der Waals surface area contributed by atoms with E-state index < -0.39 is 0 Å². The quantitative estimate of drug-likeness (QED) is 0.419. The van der Waals surface area contributed by atoms with Gasteiger partial charge in [0.15, 0.2) is 5.65 Å². The van der Waals surface area contributed by atoms with Gasteiger partial charge < -0.3 is 10.1 Å². The van der Waals surface area contributed by atoms with Crippen molar-refractivity contribution in [1.29, 1.82) is 0 Å². The molecule has 2 aromatic carbocycles. The summed E-state index contributed by atoms with van der Waals surface area (Å²) in [5.41, 5.74) is 3.79. The average Bonchev–Trinajstić information content (AvgIpc) is 3.16. The van der Waals surface area contributed by atoms with E-state index in [1.807, 2.05) is 18.2 Å². The van der Waals surface area contributed by atoms with Gasteiger partial charge >= 0.3 is 0 Å². The fraction of sp³-hybridized carbons (Fsp3) is 0.261. The second-order valence-electron chi connectivity index (χ2n) is 7.38. The minimum Gasteiger partial charge on any atom is -0.358 e. The van der Waals surface area contributed by atoms with E-state index in [4.69, 9.17) is 9.72 Å². The molecule has 0 saturated carbocycles.